The van der Waals surface area contributed by atoms with Gasteiger partial charge in [-0.05, 0) is 41.1 Å². The van der Waals surface area contributed by atoms with Crippen LogP contribution < -0.4 is 5.14 Å². The Balaban J connectivity index is 2.03. The van der Waals surface area contributed by atoms with E-state index in [4.69, 9.17) is 10.1 Å². The largest absolute Gasteiger partial charge is 0.243 e. The Morgan fingerprint density at radius 2 is 1.42 bits per heavy atom. The molecule has 120 valence electrons. The number of benzene rings is 1. The van der Waals surface area contributed by atoms with Crippen LogP contribution in [0.1, 0.15) is 0 Å². The molecule has 0 saturated carbocycles. The summed E-state index contributed by atoms with van der Waals surface area (Å²) in [4.78, 5) is 11.4. The number of hydrogen-bond donors (Lipinski definition) is 1. The Morgan fingerprint density at radius 1 is 0.833 bits per heavy atom. The molecule has 0 unspecified atom stereocenters. The Bertz CT molecular complexity index is 1120. The topological polar surface area (TPSA) is 85.9 Å². The third-order valence-electron chi connectivity index (χ3n) is 3.47. The predicted octanol–water partition coefficient (Wildman–Crippen LogP) is 3.73. The van der Waals surface area contributed by atoms with E-state index < -0.39 is 10.0 Å². The molecule has 1 aromatic carbocycles. The summed E-state index contributed by atoms with van der Waals surface area (Å²) >= 11 is 3.15. The fourth-order valence-electron chi connectivity index (χ4n) is 2.38. The summed E-state index contributed by atoms with van der Waals surface area (Å²) in [6, 6.07) is 12.4. The number of sulfonamides is 1. The quantitative estimate of drug-likeness (QED) is 0.593. The zero-order valence-electron chi connectivity index (χ0n) is 12.2. The second-order valence-electron chi connectivity index (χ2n) is 5.07. The fourth-order valence-corrected chi connectivity index (χ4v) is 4.34. The van der Waals surface area contributed by atoms with Gasteiger partial charge in [-0.15, -0.1) is 22.7 Å². The van der Waals surface area contributed by atoms with Crippen LogP contribution in [0.5, 0.6) is 0 Å². The van der Waals surface area contributed by atoms with Gasteiger partial charge < -0.3 is 0 Å². The molecule has 4 rings (SSSR count). The number of rotatable bonds is 3. The summed E-state index contributed by atoms with van der Waals surface area (Å²) in [5.74, 6) is 0. The number of thiophene rings is 2. The highest BCUT2D eigenvalue weighted by Crippen LogP contribution is 2.35. The van der Waals surface area contributed by atoms with E-state index in [0.717, 1.165) is 21.1 Å². The van der Waals surface area contributed by atoms with Crippen molar-refractivity contribution >= 4 is 43.7 Å². The molecule has 8 heteroatoms. The van der Waals surface area contributed by atoms with Crippen LogP contribution in [0.15, 0.2) is 58.1 Å². The molecular formula is C16H11N3O2S3. The molecule has 0 fully saturated rings. The van der Waals surface area contributed by atoms with Gasteiger partial charge in [-0.1, -0.05) is 12.1 Å². The van der Waals surface area contributed by atoms with Gasteiger partial charge in [0, 0.05) is 0 Å². The first-order chi connectivity index (χ1) is 11.5. The highest BCUT2D eigenvalue weighted by Gasteiger charge is 2.16. The van der Waals surface area contributed by atoms with Crippen molar-refractivity contribution in [3.63, 3.8) is 0 Å². The normalized spacial score (nSPS) is 11.9. The lowest BCUT2D eigenvalue weighted by molar-refractivity contribution is 0.598. The molecule has 5 nitrogen and oxygen atoms in total. The zero-order valence-corrected chi connectivity index (χ0v) is 14.7. The van der Waals surface area contributed by atoms with Gasteiger partial charge in [0.1, 0.15) is 11.4 Å². The van der Waals surface area contributed by atoms with Crippen molar-refractivity contribution in [2.45, 2.75) is 4.90 Å². The first kappa shape index (κ1) is 15.4. The lowest BCUT2D eigenvalue weighted by atomic mass is 10.2. The number of fused-ring (bicyclic) bond motifs is 1. The molecule has 0 bridgehead atoms. The van der Waals surface area contributed by atoms with Crippen molar-refractivity contribution in [3.05, 3.63) is 53.2 Å². The smallest absolute Gasteiger partial charge is 0.238 e. The minimum Gasteiger partial charge on any atom is -0.243 e. The summed E-state index contributed by atoms with van der Waals surface area (Å²) in [5, 5.41) is 9.18. The molecule has 2 N–H and O–H groups in total. The highest BCUT2D eigenvalue weighted by molar-refractivity contribution is 7.89. The summed E-state index contributed by atoms with van der Waals surface area (Å²) in [6.07, 6.45) is 0. The molecule has 0 aliphatic rings. The standard InChI is InChI=1S/C16H11N3O2S3/c17-24(20,21)10-5-6-11-12(9-10)19-16(14-4-2-8-23-14)15(18-11)13-3-1-7-22-13/h1-9H,(H2,17,20,21). The van der Waals surface area contributed by atoms with Crippen molar-refractivity contribution in [2.75, 3.05) is 0 Å². The van der Waals surface area contributed by atoms with Crippen LogP contribution in [0, 0.1) is 0 Å². The SMILES string of the molecule is NS(=O)(=O)c1ccc2nc(-c3cccs3)c(-c3cccs3)nc2c1. The fraction of sp³-hybridized carbons (Fsp3) is 0. The van der Waals surface area contributed by atoms with E-state index in [0.29, 0.717) is 11.0 Å². The average Bonchev–Trinajstić information content (AvgIpc) is 3.25. The van der Waals surface area contributed by atoms with E-state index >= 15 is 0 Å². The molecule has 0 aliphatic carbocycles. The van der Waals surface area contributed by atoms with Crippen molar-refractivity contribution < 1.29 is 8.42 Å². The van der Waals surface area contributed by atoms with Crippen LogP contribution >= 0.6 is 22.7 Å². The summed E-state index contributed by atoms with van der Waals surface area (Å²) in [6.45, 7) is 0. The van der Waals surface area contributed by atoms with Gasteiger partial charge in [0.25, 0.3) is 0 Å². The highest BCUT2D eigenvalue weighted by atomic mass is 32.2. The molecule has 0 saturated heterocycles. The van der Waals surface area contributed by atoms with Crippen LogP contribution in [-0.4, -0.2) is 18.4 Å². The van der Waals surface area contributed by atoms with Gasteiger partial charge in [-0.3, -0.25) is 0 Å². The molecule has 4 aromatic rings. The maximum atomic E-state index is 11.6. The summed E-state index contributed by atoms with van der Waals surface area (Å²) in [5.41, 5.74) is 2.67. The van der Waals surface area contributed by atoms with Gasteiger partial charge in [-0.2, -0.15) is 0 Å². The van der Waals surface area contributed by atoms with E-state index in [9.17, 15) is 8.42 Å². The van der Waals surface area contributed by atoms with Gasteiger partial charge in [0.15, 0.2) is 0 Å². The summed E-state index contributed by atoms with van der Waals surface area (Å²) in [7, 11) is -3.78. The maximum Gasteiger partial charge on any atom is 0.238 e. The maximum absolute atomic E-state index is 11.6. The van der Waals surface area contributed by atoms with Crippen molar-refractivity contribution in [1.82, 2.24) is 9.97 Å². The van der Waals surface area contributed by atoms with Crippen LogP contribution in [-0.2, 0) is 10.0 Å². The number of nitrogens with zero attached hydrogens (tertiary/aromatic N) is 2. The van der Waals surface area contributed by atoms with Crippen molar-refractivity contribution in [2.24, 2.45) is 5.14 Å². The van der Waals surface area contributed by atoms with Crippen LogP contribution in [0.25, 0.3) is 32.2 Å². The summed E-state index contributed by atoms with van der Waals surface area (Å²) < 4.78 is 23.2. The minimum atomic E-state index is -3.78. The van der Waals surface area contributed by atoms with Crippen LogP contribution in [0.3, 0.4) is 0 Å². The Kier molecular flexibility index (Phi) is 3.69. The van der Waals surface area contributed by atoms with Crippen LogP contribution in [0.4, 0.5) is 0 Å². The lowest BCUT2D eigenvalue weighted by Crippen LogP contribution is -2.12. The Morgan fingerprint density at radius 3 is 1.92 bits per heavy atom. The first-order valence-electron chi connectivity index (χ1n) is 6.95. The third-order valence-corrected chi connectivity index (χ3v) is 6.14. The van der Waals surface area contributed by atoms with E-state index in [2.05, 4.69) is 4.98 Å². The molecule has 0 radical (unpaired) electrons. The van der Waals surface area contributed by atoms with E-state index in [1.54, 1.807) is 28.7 Å². The molecule has 3 aromatic heterocycles. The lowest BCUT2D eigenvalue weighted by Gasteiger charge is -2.08. The molecule has 0 aliphatic heterocycles. The Labute approximate surface area is 146 Å². The molecule has 0 spiro atoms. The third kappa shape index (κ3) is 2.73. The molecule has 0 atom stereocenters. The van der Waals surface area contributed by atoms with Gasteiger partial charge in [0.05, 0.1) is 25.7 Å². The van der Waals surface area contributed by atoms with Gasteiger partial charge >= 0.3 is 0 Å². The Hall–Kier alpha value is -2.13. The first-order valence-corrected chi connectivity index (χ1v) is 10.3. The number of hydrogen-bond acceptors (Lipinski definition) is 6. The van der Waals surface area contributed by atoms with Gasteiger partial charge in [-0.25, -0.2) is 23.5 Å². The predicted molar refractivity (Wildman–Crippen MR) is 97.5 cm³/mol. The zero-order chi connectivity index (χ0) is 16.7. The number of aromatic nitrogens is 2. The van der Waals surface area contributed by atoms with Crippen molar-refractivity contribution in [1.29, 1.82) is 0 Å². The monoisotopic (exact) mass is 373 g/mol. The number of nitrogens with two attached hydrogens (primary N) is 1. The minimum absolute atomic E-state index is 0.0327. The van der Waals surface area contributed by atoms with Crippen molar-refractivity contribution in [3.8, 4) is 21.1 Å². The van der Waals surface area contributed by atoms with Gasteiger partial charge in [0.2, 0.25) is 10.0 Å². The average molecular weight is 373 g/mol. The molecule has 3 heterocycles. The second-order valence-corrected chi connectivity index (χ2v) is 8.53. The molecular weight excluding hydrogens is 362 g/mol. The van der Waals surface area contributed by atoms with E-state index in [1.807, 2.05) is 35.0 Å². The molecule has 0 amide bonds. The number of primary sulfonamides is 1. The second kappa shape index (κ2) is 5.75. The van der Waals surface area contributed by atoms with E-state index in [1.165, 1.54) is 12.1 Å². The van der Waals surface area contributed by atoms with Crippen LogP contribution in [0.2, 0.25) is 0 Å². The molecule has 24 heavy (non-hydrogen) atoms. The van der Waals surface area contributed by atoms with E-state index in [-0.39, 0.29) is 4.90 Å².